The second kappa shape index (κ2) is 4.75. The zero-order chi connectivity index (χ0) is 14.2. The van der Waals surface area contributed by atoms with Crippen molar-refractivity contribution in [3.05, 3.63) is 34.5 Å². The molecule has 0 unspecified atom stereocenters. The van der Waals surface area contributed by atoms with Crippen LogP contribution in [-0.2, 0) is 10.0 Å². The molecule has 0 bridgehead atoms. The molecule has 0 atom stereocenters. The number of sulfonamides is 1. The molecule has 2 aromatic rings. The Hall–Kier alpha value is -1.73. The number of nitrogen functional groups attached to an aromatic ring is 1. The molecule has 3 N–H and O–H groups in total. The van der Waals surface area contributed by atoms with E-state index in [1.54, 1.807) is 13.8 Å². The van der Waals surface area contributed by atoms with Crippen LogP contribution in [0.2, 0.25) is 5.02 Å². The van der Waals surface area contributed by atoms with Gasteiger partial charge in [-0.05, 0) is 31.5 Å². The zero-order valence-electron chi connectivity index (χ0n) is 10.3. The molecule has 6 nitrogen and oxygen atoms in total. The van der Waals surface area contributed by atoms with Crippen molar-refractivity contribution in [3.8, 4) is 0 Å². The summed E-state index contributed by atoms with van der Waals surface area (Å²) in [6.07, 6.45) is 0. The molecule has 0 aliphatic carbocycles. The summed E-state index contributed by atoms with van der Waals surface area (Å²) in [7, 11) is -3.81. The number of nitrogens with two attached hydrogens (primary N) is 1. The van der Waals surface area contributed by atoms with Crippen molar-refractivity contribution in [2.75, 3.05) is 10.5 Å². The first-order valence-electron chi connectivity index (χ1n) is 5.31. The van der Waals surface area contributed by atoms with E-state index in [4.69, 9.17) is 21.9 Å². The minimum atomic E-state index is -3.81. The van der Waals surface area contributed by atoms with Gasteiger partial charge in [0.1, 0.15) is 5.76 Å². The van der Waals surface area contributed by atoms with Crippen LogP contribution in [0.4, 0.5) is 11.5 Å². The van der Waals surface area contributed by atoms with E-state index >= 15 is 0 Å². The van der Waals surface area contributed by atoms with Gasteiger partial charge >= 0.3 is 0 Å². The predicted octanol–water partition coefficient (Wildman–Crippen LogP) is 2.33. The van der Waals surface area contributed by atoms with E-state index in [1.165, 1.54) is 18.2 Å². The van der Waals surface area contributed by atoms with Crippen molar-refractivity contribution in [2.24, 2.45) is 0 Å². The van der Waals surface area contributed by atoms with Gasteiger partial charge in [-0.15, -0.1) is 0 Å². The van der Waals surface area contributed by atoms with Gasteiger partial charge in [0, 0.05) is 16.8 Å². The monoisotopic (exact) mass is 301 g/mol. The fraction of sp³-hybridized carbons (Fsp3) is 0.182. The summed E-state index contributed by atoms with van der Waals surface area (Å²) >= 11 is 5.83. The highest BCUT2D eigenvalue weighted by Crippen LogP contribution is 2.27. The number of hydrogen-bond acceptors (Lipinski definition) is 5. The van der Waals surface area contributed by atoms with Crippen molar-refractivity contribution < 1.29 is 12.9 Å². The highest BCUT2D eigenvalue weighted by molar-refractivity contribution is 7.92. The maximum Gasteiger partial charge on any atom is 0.263 e. The number of hydrogen-bond donors (Lipinski definition) is 2. The summed E-state index contributed by atoms with van der Waals surface area (Å²) in [6, 6.07) is 4.31. The van der Waals surface area contributed by atoms with Gasteiger partial charge in [-0.1, -0.05) is 16.8 Å². The number of benzene rings is 1. The first kappa shape index (κ1) is 13.7. The largest absolute Gasteiger partial charge is 0.398 e. The molecule has 0 amide bonds. The van der Waals surface area contributed by atoms with Crippen molar-refractivity contribution in [3.63, 3.8) is 0 Å². The Morgan fingerprint density at radius 3 is 2.58 bits per heavy atom. The maximum atomic E-state index is 12.2. The smallest absolute Gasteiger partial charge is 0.263 e. The summed E-state index contributed by atoms with van der Waals surface area (Å²) in [4.78, 5) is 0.0122. The number of aryl methyl sites for hydroxylation is 1. The molecule has 2 rings (SSSR count). The summed E-state index contributed by atoms with van der Waals surface area (Å²) < 4.78 is 31.6. The SMILES string of the molecule is Cc1cc(NS(=O)(=O)c2cc(Cl)cc(N)c2C)no1. The number of aromatic nitrogens is 1. The molecule has 1 heterocycles. The van der Waals surface area contributed by atoms with Gasteiger partial charge in [-0.3, -0.25) is 4.72 Å². The topological polar surface area (TPSA) is 98.2 Å². The van der Waals surface area contributed by atoms with Gasteiger partial charge in [-0.25, -0.2) is 8.42 Å². The summed E-state index contributed by atoms with van der Waals surface area (Å²) in [6.45, 7) is 3.27. The Bertz CT molecular complexity index is 725. The summed E-state index contributed by atoms with van der Waals surface area (Å²) in [5.74, 6) is 0.607. The Kier molecular flexibility index (Phi) is 3.42. The van der Waals surface area contributed by atoms with E-state index < -0.39 is 10.0 Å². The number of halogens is 1. The molecule has 0 aliphatic rings. The van der Waals surface area contributed by atoms with E-state index in [0.717, 1.165) is 0 Å². The third-order valence-corrected chi connectivity index (χ3v) is 4.22. The van der Waals surface area contributed by atoms with Crippen LogP contribution in [0.1, 0.15) is 11.3 Å². The van der Waals surface area contributed by atoms with Crippen LogP contribution in [0.15, 0.2) is 27.6 Å². The highest BCUT2D eigenvalue weighted by atomic mass is 35.5. The molecule has 19 heavy (non-hydrogen) atoms. The average molecular weight is 302 g/mol. The number of rotatable bonds is 3. The third-order valence-electron chi connectivity index (χ3n) is 2.52. The molecule has 0 saturated carbocycles. The first-order chi connectivity index (χ1) is 8.79. The lowest BCUT2D eigenvalue weighted by Crippen LogP contribution is -2.15. The molecule has 0 fully saturated rings. The van der Waals surface area contributed by atoms with E-state index in [-0.39, 0.29) is 15.7 Å². The lowest BCUT2D eigenvalue weighted by atomic mass is 10.2. The van der Waals surface area contributed by atoms with Crippen molar-refractivity contribution in [1.82, 2.24) is 5.16 Å². The van der Waals surface area contributed by atoms with Crippen molar-refractivity contribution in [2.45, 2.75) is 18.7 Å². The maximum absolute atomic E-state index is 12.2. The summed E-state index contributed by atoms with van der Waals surface area (Å²) in [5, 5.41) is 3.82. The van der Waals surface area contributed by atoms with Crippen LogP contribution in [0.5, 0.6) is 0 Å². The highest BCUT2D eigenvalue weighted by Gasteiger charge is 2.20. The van der Waals surface area contributed by atoms with Gasteiger partial charge in [-0.2, -0.15) is 0 Å². The molecule has 8 heteroatoms. The lowest BCUT2D eigenvalue weighted by molar-refractivity contribution is 0.400. The standard InChI is InChI=1S/C11H12ClN3O3S/c1-6-3-11(14-18-6)15-19(16,17)10-5-8(12)4-9(13)7(10)2/h3-5H,13H2,1-2H3,(H,14,15). The van der Waals surface area contributed by atoms with Crippen LogP contribution >= 0.6 is 11.6 Å². The van der Waals surface area contributed by atoms with E-state index in [0.29, 0.717) is 17.0 Å². The van der Waals surface area contributed by atoms with E-state index in [2.05, 4.69) is 9.88 Å². The van der Waals surface area contributed by atoms with Crippen LogP contribution in [0.25, 0.3) is 0 Å². The van der Waals surface area contributed by atoms with Crippen LogP contribution in [0, 0.1) is 13.8 Å². The summed E-state index contributed by atoms with van der Waals surface area (Å²) in [5.41, 5.74) is 6.44. The van der Waals surface area contributed by atoms with Gasteiger partial charge in [0.15, 0.2) is 5.82 Å². The molecule has 1 aromatic heterocycles. The molecular formula is C11H12ClN3O3S. The Balaban J connectivity index is 2.45. The van der Waals surface area contributed by atoms with Crippen molar-refractivity contribution >= 4 is 33.1 Å². The molecular weight excluding hydrogens is 290 g/mol. The van der Waals surface area contributed by atoms with Crippen LogP contribution < -0.4 is 10.5 Å². The van der Waals surface area contributed by atoms with E-state index in [9.17, 15) is 8.42 Å². The van der Waals surface area contributed by atoms with Crippen LogP contribution in [0.3, 0.4) is 0 Å². The van der Waals surface area contributed by atoms with E-state index in [1.807, 2.05) is 0 Å². The molecule has 102 valence electrons. The average Bonchev–Trinajstić information content (AvgIpc) is 2.68. The second-order valence-electron chi connectivity index (χ2n) is 4.05. The van der Waals surface area contributed by atoms with Gasteiger partial charge < -0.3 is 10.3 Å². The van der Waals surface area contributed by atoms with Crippen LogP contribution in [-0.4, -0.2) is 13.6 Å². The minimum Gasteiger partial charge on any atom is -0.398 e. The molecule has 0 radical (unpaired) electrons. The Labute approximate surface area is 115 Å². The third kappa shape index (κ3) is 2.82. The second-order valence-corrected chi connectivity index (χ2v) is 6.13. The van der Waals surface area contributed by atoms with Gasteiger partial charge in [0.25, 0.3) is 10.0 Å². The zero-order valence-corrected chi connectivity index (χ0v) is 11.8. The Morgan fingerprint density at radius 1 is 1.32 bits per heavy atom. The quantitative estimate of drug-likeness (QED) is 0.848. The molecule has 0 saturated heterocycles. The molecule has 0 aliphatic heterocycles. The van der Waals surface area contributed by atoms with Crippen molar-refractivity contribution in [1.29, 1.82) is 0 Å². The Morgan fingerprint density at radius 2 is 2.00 bits per heavy atom. The number of nitrogens with one attached hydrogen (secondary N) is 1. The number of nitrogens with zero attached hydrogens (tertiary/aromatic N) is 1. The molecule has 0 spiro atoms. The van der Waals surface area contributed by atoms with Gasteiger partial charge in [0.2, 0.25) is 0 Å². The fourth-order valence-electron chi connectivity index (χ4n) is 1.56. The minimum absolute atomic E-state index is 0.0122. The lowest BCUT2D eigenvalue weighted by Gasteiger charge is -2.10. The normalized spacial score (nSPS) is 11.5. The fourth-order valence-corrected chi connectivity index (χ4v) is 3.14. The number of anilines is 2. The first-order valence-corrected chi connectivity index (χ1v) is 7.17. The van der Waals surface area contributed by atoms with Gasteiger partial charge in [0.05, 0.1) is 4.90 Å². The molecule has 1 aromatic carbocycles. The predicted molar refractivity (Wildman–Crippen MR) is 72.6 cm³/mol.